The van der Waals surface area contributed by atoms with E-state index >= 15 is 0 Å². The van der Waals surface area contributed by atoms with Gasteiger partial charge in [-0.2, -0.15) is 13.2 Å². The van der Waals surface area contributed by atoms with Crippen molar-refractivity contribution in [1.29, 1.82) is 0 Å². The van der Waals surface area contributed by atoms with E-state index in [4.69, 9.17) is 9.26 Å². The van der Waals surface area contributed by atoms with E-state index in [1.54, 1.807) is 6.92 Å². The van der Waals surface area contributed by atoms with Crippen molar-refractivity contribution in [2.45, 2.75) is 26.1 Å². The maximum Gasteiger partial charge on any atom is 0.416 e. The van der Waals surface area contributed by atoms with E-state index in [0.29, 0.717) is 5.69 Å². The van der Waals surface area contributed by atoms with Crippen molar-refractivity contribution >= 4 is 17.6 Å². The van der Waals surface area contributed by atoms with Crippen molar-refractivity contribution in [3.8, 4) is 0 Å². The SMILES string of the molecule is Cc1cc(C(=O)OC(C)C(=O)Nc2cccc(C(F)(F)F)c2)on1. The van der Waals surface area contributed by atoms with Crippen LogP contribution in [-0.4, -0.2) is 23.1 Å². The summed E-state index contributed by atoms with van der Waals surface area (Å²) in [6.45, 7) is 2.88. The summed E-state index contributed by atoms with van der Waals surface area (Å²) in [5, 5.41) is 5.76. The van der Waals surface area contributed by atoms with Crippen LogP contribution in [0, 0.1) is 6.92 Å². The quantitative estimate of drug-likeness (QED) is 0.863. The lowest BCUT2D eigenvalue weighted by molar-refractivity contribution is -0.137. The summed E-state index contributed by atoms with van der Waals surface area (Å²) in [5.41, 5.74) is -0.502. The number of amides is 1. The first-order chi connectivity index (χ1) is 11.2. The van der Waals surface area contributed by atoms with Gasteiger partial charge in [0, 0.05) is 11.8 Å². The molecule has 1 amide bonds. The molecule has 0 aliphatic carbocycles. The molecule has 0 aliphatic heterocycles. The maximum atomic E-state index is 12.6. The molecule has 6 nitrogen and oxygen atoms in total. The molecule has 0 bridgehead atoms. The van der Waals surface area contributed by atoms with Crippen LogP contribution in [0.5, 0.6) is 0 Å². The molecule has 9 heteroatoms. The summed E-state index contributed by atoms with van der Waals surface area (Å²) in [4.78, 5) is 23.7. The highest BCUT2D eigenvalue weighted by Crippen LogP contribution is 2.30. The fourth-order valence-corrected chi connectivity index (χ4v) is 1.75. The Morgan fingerprint density at radius 3 is 2.58 bits per heavy atom. The molecule has 2 rings (SSSR count). The molecular formula is C15H13F3N2O4. The molecule has 0 fully saturated rings. The molecule has 1 aromatic carbocycles. The highest BCUT2D eigenvalue weighted by Gasteiger charge is 2.30. The van der Waals surface area contributed by atoms with Crippen LogP contribution in [-0.2, 0) is 15.7 Å². The summed E-state index contributed by atoms with van der Waals surface area (Å²) in [6, 6.07) is 5.45. The molecule has 1 heterocycles. The Bertz CT molecular complexity index is 755. The number of halogens is 3. The number of nitrogens with one attached hydrogen (secondary N) is 1. The fraction of sp³-hybridized carbons (Fsp3) is 0.267. The zero-order valence-electron chi connectivity index (χ0n) is 12.7. The normalized spacial score (nSPS) is 12.5. The Balaban J connectivity index is 2.00. The first-order valence-corrected chi connectivity index (χ1v) is 6.79. The second-order valence-electron chi connectivity index (χ2n) is 4.95. The summed E-state index contributed by atoms with van der Waals surface area (Å²) >= 11 is 0. The summed E-state index contributed by atoms with van der Waals surface area (Å²) in [7, 11) is 0. The molecule has 2 aromatic rings. The maximum absolute atomic E-state index is 12.6. The van der Waals surface area contributed by atoms with Crippen LogP contribution in [0.4, 0.5) is 18.9 Å². The third kappa shape index (κ3) is 4.34. The van der Waals surface area contributed by atoms with Gasteiger partial charge >= 0.3 is 12.1 Å². The van der Waals surface area contributed by atoms with E-state index in [1.165, 1.54) is 19.1 Å². The minimum atomic E-state index is -4.52. The van der Waals surface area contributed by atoms with Gasteiger partial charge in [-0.3, -0.25) is 4.79 Å². The van der Waals surface area contributed by atoms with E-state index in [0.717, 1.165) is 18.2 Å². The second-order valence-corrected chi connectivity index (χ2v) is 4.95. The fourth-order valence-electron chi connectivity index (χ4n) is 1.75. The summed E-state index contributed by atoms with van der Waals surface area (Å²) in [5.74, 6) is -1.85. The van der Waals surface area contributed by atoms with Crippen LogP contribution < -0.4 is 5.32 Å². The zero-order valence-corrected chi connectivity index (χ0v) is 12.7. The summed E-state index contributed by atoms with van der Waals surface area (Å²) in [6.07, 6.45) is -5.76. The van der Waals surface area contributed by atoms with E-state index in [-0.39, 0.29) is 11.4 Å². The van der Waals surface area contributed by atoms with E-state index in [1.807, 2.05) is 0 Å². The molecule has 0 radical (unpaired) electrons. The first kappa shape index (κ1) is 17.5. The Labute approximate surface area is 134 Å². The van der Waals surface area contributed by atoms with Gasteiger partial charge in [0.15, 0.2) is 6.10 Å². The number of aromatic nitrogens is 1. The van der Waals surface area contributed by atoms with E-state index in [9.17, 15) is 22.8 Å². The largest absolute Gasteiger partial charge is 0.447 e. The Morgan fingerprint density at radius 1 is 1.29 bits per heavy atom. The van der Waals surface area contributed by atoms with Crippen molar-refractivity contribution in [1.82, 2.24) is 5.16 Å². The van der Waals surface area contributed by atoms with Crippen molar-refractivity contribution in [2.24, 2.45) is 0 Å². The second kappa shape index (κ2) is 6.73. The number of alkyl halides is 3. The molecule has 1 aromatic heterocycles. The van der Waals surface area contributed by atoms with Gasteiger partial charge < -0.3 is 14.6 Å². The van der Waals surface area contributed by atoms with Crippen LogP contribution in [0.1, 0.15) is 28.7 Å². The van der Waals surface area contributed by atoms with Crippen LogP contribution in [0.25, 0.3) is 0 Å². The van der Waals surface area contributed by atoms with Crippen LogP contribution in [0.2, 0.25) is 0 Å². The Hall–Kier alpha value is -2.84. The highest BCUT2D eigenvalue weighted by atomic mass is 19.4. The van der Waals surface area contributed by atoms with Gasteiger partial charge in [-0.25, -0.2) is 4.79 Å². The van der Waals surface area contributed by atoms with Gasteiger partial charge in [0.25, 0.3) is 5.91 Å². The topological polar surface area (TPSA) is 81.4 Å². The smallest absolute Gasteiger partial charge is 0.416 e. The van der Waals surface area contributed by atoms with Crippen molar-refractivity contribution in [3.63, 3.8) is 0 Å². The number of nitrogens with zero attached hydrogens (tertiary/aromatic N) is 1. The van der Waals surface area contributed by atoms with Gasteiger partial charge in [-0.05, 0) is 32.0 Å². The number of hydrogen-bond acceptors (Lipinski definition) is 5. The monoisotopic (exact) mass is 342 g/mol. The molecule has 24 heavy (non-hydrogen) atoms. The molecular weight excluding hydrogens is 329 g/mol. The predicted octanol–water partition coefficient (Wildman–Crippen LogP) is 3.19. The number of rotatable bonds is 4. The number of ether oxygens (including phenoxy) is 1. The van der Waals surface area contributed by atoms with Crippen LogP contribution in [0.15, 0.2) is 34.9 Å². The third-order valence-electron chi connectivity index (χ3n) is 2.94. The van der Waals surface area contributed by atoms with Gasteiger partial charge in [-0.15, -0.1) is 0 Å². The lowest BCUT2D eigenvalue weighted by Gasteiger charge is -2.13. The Kier molecular flexibility index (Phi) is 4.91. The lowest BCUT2D eigenvalue weighted by atomic mass is 10.2. The molecule has 1 N–H and O–H groups in total. The minimum Gasteiger partial charge on any atom is -0.447 e. The third-order valence-corrected chi connectivity index (χ3v) is 2.94. The number of anilines is 1. The molecule has 0 aliphatic rings. The number of carbonyl (C=O) groups is 2. The zero-order chi connectivity index (χ0) is 17.9. The van der Waals surface area contributed by atoms with Gasteiger partial charge in [-0.1, -0.05) is 11.2 Å². The van der Waals surface area contributed by atoms with Crippen LogP contribution in [0.3, 0.4) is 0 Å². The highest BCUT2D eigenvalue weighted by molar-refractivity contribution is 5.96. The minimum absolute atomic E-state index is 0.0618. The summed E-state index contributed by atoms with van der Waals surface area (Å²) < 4.78 is 47.5. The van der Waals surface area contributed by atoms with Crippen LogP contribution >= 0.6 is 0 Å². The van der Waals surface area contributed by atoms with Crippen molar-refractivity contribution in [3.05, 3.63) is 47.3 Å². The number of esters is 1. The van der Waals surface area contributed by atoms with Gasteiger partial charge in [0.05, 0.1) is 11.3 Å². The molecule has 0 saturated carbocycles. The number of benzene rings is 1. The van der Waals surface area contributed by atoms with Gasteiger partial charge in [0.2, 0.25) is 5.76 Å². The van der Waals surface area contributed by atoms with Gasteiger partial charge in [0.1, 0.15) is 0 Å². The van der Waals surface area contributed by atoms with E-state index in [2.05, 4.69) is 10.5 Å². The average molecular weight is 342 g/mol. The molecule has 0 spiro atoms. The van der Waals surface area contributed by atoms with Crippen molar-refractivity contribution in [2.75, 3.05) is 5.32 Å². The molecule has 1 atom stereocenters. The van der Waals surface area contributed by atoms with E-state index < -0.39 is 29.7 Å². The molecule has 128 valence electrons. The number of carbonyl (C=O) groups excluding carboxylic acids is 2. The first-order valence-electron chi connectivity index (χ1n) is 6.79. The molecule has 1 unspecified atom stereocenters. The van der Waals surface area contributed by atoms with Crippen molar-refractivity contribution < 1.29 is 32.0 Å². The predicted molar refractivity (Wildman–Crippen MR) is 76.2 cm³/mol. The number of aryl methyl sites for hydroxylation is 1. The number of hydrogen-bond donors (Lipinski definition) is 1. The Morgan fingerprint density at radius 2 is 2.00 bits per heavy atom. The lowest BCUT2D eigenvalue weighted by Crippen LogP contribution is -2.30. The standard InChI is InChI=1S/C15H13F3N2O4/c1-8-6-12(24-20-8)14(22)23-9(2)13(21)19-11-5-3-4-10(7-11)15(16,17)18/h3-7,9H,1-2H3,(H,19,21). The average Bonchev–Trinajstić information content (AvgIpc) is 2.93. The molecule has 0 saturated heterocycles.